The van der Waals surface area contributed by atoms with Crippen molar-refractivity contribution in [3.05, 3.63) is 188 Å². The van der Waals surface area contributed by atoms with E-state index in [2.05, 4.69) is 181 Å². The van der Waals surface area contributed by atoms with Crippen LogP contribution in [0.5, 0.6) is 0 Å². The third-order valence-electron chi connectivity index (χ3n) is 9.90. The minimum Gasteiger partial charge on any atom is -0.455 e. The van der Waals surface area contributed by atoms with Crippen LogP contribution in [0.4, 0.5) is 17.1 Å². The number of fused-ring (bicyclic) bond motifs is 6. The number of benzene rings is 8. The van der Waals surface area contributed by atoms with Gasteiger partial charge >= 0.3 is 0 Å². The molecule has 2 heterocycles. The Labute approximate surface area is 300 Å². The molecule has 10 rings (SSSR count). The molecule has 2 aromatic heterocycles. The maximum atomic E-state index is 6.41. The van der Waals surface area contributed by atoms with E-state index in [1.807, 2.05) is 23.5 Å². The van der Waals surface area contributed by atoms with Crippen LogP contribution in [0.15, 0.2) is 192 Å². The van der Waals surface area contributed by atoms with Gasteiger partial charge in [-0.2, -0.15) is 0 Å². The fourth-order valence-electron chi connectivity index (χ4n) is 7.45. The summed E-state index contributed by atoms with van der Waals surface area (Å²) in [6.07, 6.45) is 0. The molecule has 240 valence electrons. The lowest BCUT2D eigenvalue weighted by atomic mass is 10.0. The Hall–Kier alpha value is -6.42. The summed E-state index contributed by atoms with van der Waals surface area (Å²) in [6, 6.07) is 67.3. The van der Waals surface area contributed by atoms with Crippen molar-refractivity contribution in [3.63, 3.8) is 0 Å². The number of para-hydroxylation sites is 2. The zero-order valence-electron chi connectivity index (χ0n) is 27.7. The highest BCUT2D eigenvalue weighted by Crippen LogP contribution is 2.47. The highest BCUT2D eigenvalue weighted by atomic mass is 32.1. The summed E-state index contributed by atoms with van der Waals surface area (Å²) < 4.78 is 8.98. The molecule has 8 aromatic carbocycles. The number of hydrogen-bond donors (Lipinski definition) is 0. The highest BCUT2D eigenvalue weighted by molar-refractivity contribution is 7.27. The van der Waals surface area contributed by atoms with Crippen LogP contribution in [0, 0.1) is 0 Å². The fourth-order valence-corrected chi connectivity index (χ4v) is 8.79. The van der Waals surface area contributed by atoms with Crippen molar-refractivity contribution in [1.29, 1.82) is 0 Å². The van der Waals surface area contributed by atoms with Crippen LogP contribution >= 0.6 is 11.3 Å². The zero-order chi connectivity index (χ0) is 33.7. The summed E-state index contributed by atoms with van der Waals surface area (Å²) in [7, 11) is 0. The summed E-state index contributed by atoms with van der Waals surface area (Å²) in [5.74, 6) is 0. The van der Waals surface area contributed by atoms with Gasteiger partial charge in [0.05, 0.1) is 10.4 Å². The van der Waals surface area contributed by atoms with Crippen LogP contribution in [-0.4, -0.2) is 0 Å². The topological polar surface area (TPSA) is 16.4 Å². The number of hydrogen-bond acceptors (Lipinski definition) is 3. The van der Waals surface area contributed by atoms with Gasteiger partial charge in [0.2, 0.25) is 0 Å². The third kappa shape index (κ3) is 5.01. The molecule has 0 bridgehead atoms. The second-order valence-corrected chi connectivity index (χ2v) is 13.9. The van der Waals surface area contributed by atoms with Crippen LogP contribution < -0.4 is 4.90 Å². The van der Waals surface area contributed by atoms with E-state index >= 15 is 0 Å². The standard InChI is InChI=1S/C48H31NOS/c1-3-12-32(13-4-1)33-24-28-36(29-25-33)49(37-30-26-35(27-31-37)38-17-9-19-41-40-16-7-8-23-45(40)50-46(38)41)44-22-11-21-43-42-20-10-18-39(47(42)51-48(43)44)34-14-5-2-6-15-34/h1-31H. The monoisotopic (exact) mass is 669 g/mol. The lowest BCUT2D eigenvalue weighted by molar-refractivity contribution is 0.670. The van der Waals surface area contributed by atoms with Gasteiger partial charge in [0.15, 0.2) is 0 Å². The molecule has 0 N–H and O–H groups in total. The molecular formula is C48H31NOS. The predicted molar refractivity (Wildman–Crippen MR) is 218 cm³/mol. The first-order valence-corrected chi connectivity index (χ1v) is 18.1. The first kappa shape index (κ1) is 29.5. The minimum atomic E-state index is 0.911. The first-order valence-electron chi connectivity index (χ1n) is 17.3. The molecule has 0 spiro atoms. The molecule has 0 aliphatic heterocycles. The van der Waals surface area contributed by atoms with Gasteiger partial charge in [-0.15, -0.1) is 11.3 Å². The average molecular weight is 670 g/mol. The predicted octanol–water partition coefficient (Wildman–Crippen LogP) is 14.4. The molecule has 0 fully saturated rings. The van der Waals surface area contributed by atoms with E-state index in [-0.39, 0.29) is 0 Å². The van der Waals surface area contributed by atoms with Crippen LogP contribution in [0.25, 0.3) is 75.5 Å². The molecule has 51 heavy (non-hydrogen) atoms. The molecule has 0 radical (unpaired) electrons. The maximum absolute atomic E-state index is 6.41. The Morgan fingerprint density at radius 3 is 1.59 bits per heavy atom. The molecule has 0 unspecified atom stereocenters. The van der Waals surface area contributed by atoms with E-state index < -0.39 is 0 Å². The number of thiophene rings is 1. The van der Waals surface area contributed by atoms with Crippen molar-refractivity contribution in [2.24, 2.45) is 0 Å². The van der Waals surface area contributed by atoms with Gasteiger partial charge in [0.25, 0.3) is 0 Å². The molecule has 3 heteroatoms. The van der Waals surface area contributed by atoms with Gasteiger partial charge in [0, 0.05) is 43.2 Å². The van der Waals surface area contributed by atoms with Gasteiger partial charge in [0.1, 0.15) is 11.2 Å². The smallest absolute Gasteiger partial charge is 0.143 e. The van der Waals surface area contributed by atoms with Crippen molar-refractivity contribution in [2.75, 3.05) is 4.90 Å². The van der Waals surface area contributed by atoms with Crippen molar-refractivity contribution in [3.8, 4) is 33.4 Å². The van der Waals surface area contributed by atoms with Gasteiger partial charge in [-0.25, -0.2) is 0 Å². The van der Waals surface area contributed by atoms with Crippen LogP contribution in [0.1, 0.15) is 0 Å². The number of furan rings is 1. The Bertz CT molecular complexity index is 2830. The maximum Gasteiger partial charge on any atom is 0.143 e. The van der Waals surface area contributed by atoms with Crippen molar-refractivity contribution >= 4 is 70.5 Å². The summed E-state index contributed by atoms with van der Waals surface area (Å²) in [4.78, 5) is 2.40. The molecule has 0 saturated heterocycles. The second kappa shape index (κ2) is 12.2. The SMILES string of the molecule is c1ccc(-c2ccc(N(c3ccc(-c4cccc5c4oc4ccccc45)cc3)c3cccc4c3sc3c(-c5ccccc5)cccc34)cc2)cc1. The van der Waals surface area contributed by atoms with E-state index in [1.165, 1.54) is 42.4 Å². The first-order chi connectivity index (χ1) is 25.3. The van der Waals surface area contributed by atoms with E-state index in [4.69, 9.17) is 4.42 Å². The zero-order valence-corrected chi connectivity index (χ0v) is 28.5. The van der Waals surface area contributed by atoms with Crippen molar-refractivity contribution in [1.82, 2.24) is 0 Å². The Balaban J connectivity index is 1.14. The number of anilines is 3. The van der Waals surface area contributed by atoms with Gasteiger partial charge in [-0.05, 0) is 64.2 Å². The Morgan fingerprint density at radius 1 is 0.353 bits per heavy atom. The second-order valence-electron chi connectivity index (χ2n) is 12.9. The summed E-state index contributed by atoms with van der Waals surface area (Å²) >= 11 is 1.88. The molecule has 0 atom stereocenters. The Morgan fingerprint density at radius 2 is 0.863 bits per heavy atom. The van der Waals surface area contributed by atoms with E-state index in [0.717, 1.165) is 50.1 Å². The van der Waals surface area contributed by atoms with Crippen molar-refractivity contribution in [2.45, 2.75) is 0 Å². The lowest BCUT2D eigenvalue weighted by Gasteiger charge is -2.26. The average Bonchev–Trinajstić information content (AvgIpc) is 3.79. The van der Waals surface area contributed by atoms with E-state index in [0.29, 0.717) is 0 Å². The van der Waals surface area contributed by atoms with E-state index in [9.17, 15) is 0 Å². The summed E-state index contributed by atoms with van der Waals surface area (Å²) in [5.41, 5.74) is 12.3. The molecule has 2 nitrogen and oxygen atoms in total. The minimum absolute atomic E-state index is 0.911. The molecule has 10 aromatic rings. The molecular weight excluding hydrogens is 639 g/mol. The summed E-state index contributed by atoms with van der Waals surface area (Å²) in [5, 5.41) is 4.83. The van der Waals surface area contributed by atoms with Gasteiger partial charge in [-0.1, -0.05) is 152 Å². The van der Waals surface area contributed by atoms with E-state index in [1.54, 1.807) is 0 Å². The quantitative estimate of drug-likeness (QED) is 0.175. The van der Waals surface area contributed by atoms with Crippen molar-refractivity contribution < 1.29 is 4.42 Å². The van der Waals surface area contributed by atoms with Crippen LogP contribution in [-0.2, 0) is 0 Å². The van der Waals surface area contributed by atoms with Gasteiger partial charge < -0.3 is 9.32 Å². The molecule has 0 saturated carbocycles. The Kier molecular flexibility index (Phi) is 7.04. The van der Waals surface area contributed by atoms with Gasteiger partial charge in [-0.3, -0.25) is 0 Å². The third-order valence-corrected chi connectivity index (χ3v) is 11.2. The van der Waals surface area contributed by atoms with Crippen LogP contribution in [0.3, 0.4) is 0 Å². The molecule has 0 amide bonds. The lowest BCUT2D eigenvalue weighted by Crippen LogP contribution is -2.10. The van der Waals surface area contributed by atoms with Crippen LogP contribution in [0.2, 0.25) is 0 Å². The summed E-state index contributed by atoms with van der Waals surface area (Å²) in [6.45, 7) is 0. The number of nitrogens with zero attached hydrogens (tertiary/aromatic N) is 1. The molecule has 0 aliphatic carbocycles. The largest absolute Gasteiger partial charge is 0.455 e. The number of rotatable bonds is 6. The highest BCUT2D eigenvalue weighted by Gasteiger charge is 2.20. The fraction of sp³-hybridized carbons (Fsp3) is 0. The molecule has 0 aliphatic rings. The normalized spacial score (nSPS) is 11.5.